The summed E-state index contributed by atoms with van der Waals surface area (Å²) in [6.07, 6.45) is 2.14. The van der Waals surface area contributed by atoms with Crippen LogP contribution in [0.15, 0.2) is 40.9 Å². The van der Waals surface area contributed by atoms with Gasteiger partial charge in [-0.2, -0.15) is 0 Å². The molecule has 1 aliphatic rings. The van der Waals surface area contributed by atoms with Crippen LogP contribution in [-0.2, 0) is 0 Å². The lowest BCUT2D eigenvalue weighted by Gasteiger charge is -2.37. The molecule has 0 unspecified atom stereocenters. The minimum absolute atomic E-state index is 0.0661. The van der Waals surface area contributed by atoms with Gasteiger partial charge in [-0.1, -0.05) is 57.3 Å². The largest absolute Gasteiger partial charge is 0.505 e. The Bertz CT molecular complexity index is 648. The predicted octanol–water partition coefficient (Wildman–Crippen LogP) is 5.82. The highest BCUT2D eigenvalue weighted by atomic mass is 79.9. The predicted molar refractivity (Wildman–Crippen MR) is 91.7 cm³/mol. The maximum atomic E-state index is 9.56. The molecular weight excluding hydrogens is 373 g/mol. The maximum Gasteiger partial charge on any atom is 0.152 e. The molecule has 0 bridgehead atoms. The zero-order valence-corrected chi connectivity index (χ0v) is 14.2. The van der Waals surface area contributed by atoms with Gasteiger partial charge < -0.3 is 10.4 Å². The van der Waals surface area contributed by atoms with Crippen molar-refractivity contribution in [2.24, 2.45) is 0 Å². The van der Waals surface area contributed by atoms with Crippen molar-refractivity contribution in [2.75, 3.05) is 5.32 Å². The van der Waals surface area contributed by atoms with E-state index in [2.05, 4.69) is 39.4 Å². The number of benzene rings is 2. The van der Waals surface area contributed by atoms with Crippen LogP contribution < -0.4 is 5.32 Å². The molecule has 0 heterocycles. The van der Waals surface area contributed by atoms with Crippen molar-refractivity contribution in [1.29, 1.82) is 0 Å². The van der Waals surface area contributed by atoms with Crippen LogP contribution in [0.4, 0.5) is 5.69 Å². The summed E-state index contributed by atoms with van der Waals surface area (Å²) >= 11 is 15.5. The van der Waals surface area contributed by atoms with E-state index < -0.39 is 0 Å². The Hall–Kier alpha value is -0.900. The summed E-state index contributed by atoms with van der Waals surface area (Å²) in [5, 5.41) is 13.5. The first-order valence-electron chi connectivity index (χ1n) is 6.73. The Morgan fingerprint density at radius 2 is 1.71 bits per heavy atom. The normalized spacial score (nSPS) is 20.9. The number of hydrogen-bond donors (Lipinski definition) is 2. The van der Waals surface area contributed by atoms with E-state index in [0.717, 1.165) is 18.5 Å². The third-order valence-corrected chi connectivity index (χ3v) is 5.17. The van der Waals surface area contributed by atoms with Gasteiger partial charge in [0, 0.05) is 16.2 Å². The van der Waals surface area contributed by atoms with E-state index in [9.17, 15) is 5.11 Å². The number of anilines is 1. The first-order valence-corrected chi connectivity index (χ1v) is 8.28. The van der Waals surface area contributed by atoms with Crippen LogP contribution in [0.5, 0.6) is 5.75 Å². The Morgan fingerprint density at radius 3 is 2.33 bits per heavy atom. The van der Waals surface area contributed by atoms with Gasteiger partial charge in [-0.15, -0.1) is 0 Å². The van der Waals surface area contributed by atoms with E-state index >= 15 is 0 Å². The quantitative estimate of drug-likeness (QED) is 0.651. The standard InChI is InChI=1S/C16H14BrCl2NO/c17-13-4-2-1-3-12(13)9-5-10(6-9)20-11-7-14(18)16(21)15(19)8-11/h1-4,7-10,20-21H,5-6H2. The first kappa shape index (κ1) is 15.0. The fourth-order valence-corrected chi connectivity index (χ4v) is 3.78. The average molecular weight is 387 g/mol. The molecule has 21 heavy (non-hydrogen) atoms. The highest BCUT2D eigenvalue weighted by Crippen LogP contribution is 2.42. The van der Waals surface area contributed by atoms with Crippen molar-refractivity contribution in [1.82, 2.24) is 0 Å². The molecule has 1 aliphatic carbocycles. The summed E-state index contributed by atoms with van der Waals surface area (Å²) in [6, 6.07) is 12.2. The molecular formula is C16H14BrCl2NO. The van der Waals surface area contributed by atoms with Gasteiger partial charge in [0.1, 0.15) is 0 Å². The van der Waals surface area contributed by atoms with Gasteiger partial charge >= 0.3 is 0 Å². The van der Waals surface area contributed by atoms with Crippen molar-refractivity contribution in [3.8, 4) is 5.75 Å². The molecule has 0 saturated heterocycles. The lowest BCUT2D eigenvalue weighted by Crippen LogP contribution is -2.34. The third-order valence-electron chi connectivity index (χ3n) is 3.87. The van der Waals surface area contributed by atoms with Crippen LogP contribution in [0, 0.1) is 0 Å². The molecule has 0 amide bonds. The van der Waals surface area contributed by atoms with Gasteiger partial charge in [-0.05, 0) is 42.5 Å². The number of phenolic OH excluding ortho intramolecular Hbond substituents is 1. The molecule has 0 radical (unpaired) electrons. The summed E-state index contributed by atoms with van der Waals surface area (Å²) in [5.41, 5.74) is 2.20. The van der Waals surface area contributed by atoms with Gasteiger partial charge in [-0.3, -0.25) is 0 Å². The van der Waals surface area contributed by atoms with Crippen LogP contribution in [0.3, 0.4) is 0 Å². The number of aromatic hydroxyl groups is 1. The molecule has 1 saturated carbocycles. The summed E-state index contributed by atoms with van der Waals surface area (Å²) in [6.45, 7) is 0. The Kier molecular flexibility index (Phi) is 4.34. The van der Waals surface area contributed by atoms with Gasteiger partial charge in [0.25, 0.3) is 0 Å². The number of nitrogens with one attached hydrogen (secondary N) is 1. The number of hydrogen-bond acceptors (Lipinski definition) is 2. The average Bonchev–Trinajstić information content (AvgIpc) is 2.41. The number of phenols is 1. The molecule has 2 aromatic carbocycles. The number of halogens is 3. The monoisotopic (exact) mass is 385 g/mol. The second-order valence-electron chi connectivity index (χ2n) is 5.32. The van der Waals surface area contributed by atoms with E-state index in [0.29, 0.717) is 12.0 Å². The molecule has 0 aromatic heterocycles. The maximum absolute atomic E-state index is 9.56. The molecule has 110 valence electrons. The lowest BCUT2D eigenvalue weighted by molar-refractivity contribution is 0.373. The van der Waals surface area contributed by atoms with Crippen molar-refractivity contribution in [3.05, 3.63) is 56.5 Å². The first-order chi connectivity index (χ1) is 10.0. The highest BCUT2D eigenvalue weighted by molar-refractivity contribution is 9.10. The molecule has 2 nitrogen and oxygen atoms in total. The Morgan fingerprint density at radius 1 is 1.10 bits per heavy atom. The Labute approximate surface area is 142 Å². The minimum Gasteiger partial charge on any atom is -0.505 e. The van der Waals surface area contributed by atoms with E-state index in [-0.39, 0.29) is 15.8 Å². The molecule has 3 rings (SSSR count). The lowest BCUT2D eigenvalue weighted by atomic mass is 9.76. The molecule has 5 heteroatoms. The Balaban J connectivity index is 1.64. The summed E-state index contributed by atoms with van der Waals surface area (Å²) in [5.74, 6) is 0.504. The van der Waals surface area contributed by atoms with Crippen LogP contribution in [0.25, 0.3) is 0 Å². The summed E-state index contributed by atoms with van der Waals surface area (Å²) < 4.78 is 1.17. The SMILES string of the molecule is Oc1c(Cl)cc(NC2CC(c3ccccc3Br)C2)cc1Cl. The van der Waals surface area contributed by atoms with E-state index in [1.54, 1.807) is 12.1 Å². The fourth-order valence-electron chi connectivity index (χ4n) is 2.68. The molecule has 0 atom stereocenters. The summed E-state index contributed by atoms with van der Waals surface area (Å²) in [4.78, 5) is 0. The zero-order chi connectivity index (χ0) is 15.0. The van der Waals surface area contributed by atoms with Crippen molar-refractivity contribution in [3.63, 3.8) is 0 Å². The van der Waals surface area contributed by atoms with Gasteiger partial charge in [-0.25, -0.2) is 0 Å². The molecule has 2 N–H and O–H groups in total. The molecule has 0 spiro atoms. The zero-order valence-electron chi connectivity index (χ0n) is 11.1. The highest BCUT2D eigenvalue weighted by Gasteiger charge is 2.31. The van der Waals surface area contributed by atoms with Crippen LogP contribution in [0.2, 0.25) is 10.0 Å². The van der Waals surface area contributed by atoms with E-state index in [1.165, 1.54) is 10.0 Å². The second kappa shape index (κ2) is 6.07. The molecule has 1 fully saturated rings. The molecule has 0 aliphatic heterocycles. The minimum atomic E-state index is -0.0661. The van der Waals surface area contributed by atoms with Crippen LogP contribution in [0.1, 0.15) is 24.3 Å². The second-order valence-corrected chi connectivity index (χ2v) is 6.99. The third kappa shape index (κ3) is 3.15. The molecule has 2 aromatic rings. The number of rotatable bonds is 3. The fraction of sp³-hybridized carbons (Fsp3) is 0.250. The van der Waals surface area contributed by atoms with Gasteiger partial charge in [0.2, 0.25) is 0 Å². The smallest absolute Gasteiger partial charge is 0.152 e. The van der Waals surface area contributed by atoms with Gasteiger partial charge in [0.05, 0.1) is 10.0 Å². The van der Waals surface area contributed by atoms with Crippen LogP contribution in [-0.4, -0.2) is 11.1 Å². The topological polar surface area (TPSA) is 32.3 Å². The van der Waals surface area contributed by atoms with Crippen molar-refractivity contribution in [2.45, 2.75) is 24.8 Å². The van der Waals surface area contributed by atoms with Gasteiger partial charge in [0.15, 0.2) is 5.75 Å². The van der Waals surface area contributed by atoms with E-state index in [4.69, 9.17) is 23.2 Å². The van der Waals surface area contributed by atoms with E-state index in [1.807, 2.05) is 6.07 Å². The van der Waals surface area contributed by atoms with Crippen molar-refractivity contribution < 1.29 is 5.11 Å². The van der Waals surface area contributed by atoms with Crippen molar-refractivity contribution >= 4 is 44.8 Å². The van der Waals surface area contributed by atoms with Crippen LogP contribution >= 0.6 is 39.1 Å². The summed E-state index contributed by atoms with van der Waals surface area (Å²) in [7, 11) is 0.